The fourth-order valence-corrected chi connectivity index (χ4v) is 1.47. The molecule has 14 heavy (non-hydrogen) atoms. The van der Waals surface area contributed by atoms with Crippen molar-refractivity contribution in [2.24, 2.45) is 0 Å². The van der Waals surface area contributed by atoms with Gasteiger partial charge in [0.15, 0.2) is 0 Å². The first-order chi connectivity index (χ1) is 6.77. The highest BCUT2D eigenvalue weighted by Crippen LogP contribution is 2.11. The van der Waals surface area contributed by atoms with Crippen LogP contribution in [0.25, 0.3) is 22.1 Å². The monoisotopic (exact) mass is 184 g/mol. The highest BCUT2D eigenvalue weighted by atomic mass is 16.2. The van der Waals surface area contributed by atoms with E-state index in [-0.39, 0.29) is 11.0 Å². The van der Waals surface area contributed by atoms with Gasteiger partial charge in [0.1, 0.15) is 11.0 Å². The van der Waals surface area contributed by atoms with Crippen molar-refractivity contribution in [2.75, 3.05) is 0 Å². The van der Waals surface area contributed by atoms with Gasteiger partial charge in [-0.1, -0.05) is 12.1 Å². The zero-order valence-electron chi connectivity index (χ0n) is 7.02. The van der Waals surface area contributed by atoms with Crippen LogP contribution in [0.2, 0.25) is 0 Å². The first-order valence-electron chi connectivity index (χ1n) is 4.13. The van der Waals surface area contributed by atoms with Gasteiger partial charge >= 0.3 is 0 Å². The number of para-hydroxylation sites is 2. The van der Waals surface area contributed by atoms with E-state index in [4.69, 9.17) is 0 Å². The summed E-state index contributed by atoms with van der Waals surface area (Å²) in [4.78, 5) is 30.2. The molecule has 0 saturated heterocycles. The zero-order valence-corrected chi connectivity index (χ0v) is 7.02. The summed E-state index contributed by atoms with van der Waals surface area (Å²) in [6.45, 7) is 0. The van der Waals surface area contributed by atoms with Crippen LogP contribution in [0.5, 0.6) is 0 Å². The lowest BCUT2D eigenvalue weighted by molar-refractivity contribution is 1.31. The van der Waals surface area contributed by atoms with E-state index in [0.717, 1.165) is 0 Å². The summed E-state index contributed by atoms with van der Waals surface area (Å²) in [6.07, 6.45) is 0. The predicted octanol–water partition coefficient (Wildman–Crippen LogP) is 0.379. The molecular formula is C10H4N2O2. The maximum Gasteiger partial charge on any atom is 0.255 e. The number of fused-ring (bicyclic) bond motifs is 2. The van der Waals surface area contributed by atoms with Crippen molar-refractivity contribution >= 4 is 22.1 Å². The van der Waals surface area contributed by atoms with Crippen LogP contribution in [0, 0.1) is 0 Å². The minimum Gasteiger partial charge on any atom is -0.283 e. The Balaban J connectivity index is 2.61. The Labute approximate surface area is 77.5 Å². The molecule has 66 valence electrons. The summed E-state index contributed by atoms with van der Waals surface area (Å²) in [5, 5.41) is 0. The van der Waals surface area contributed by atoms with Gasteiger partial charge in [0.05, 0.1) is 11.0 Å². The summed E-state index contributed by atoms with van der Waals surface area (Å²) < 4.78 is 0. The predicted molar refractivity (Wildman–Crippen MR) is 52.0 cm³/mol. The molecule has 0 fully saturated rings. The van der Waals surface area contributed by atoms with Crippen LogP contribution in [-0.4, -0.2) is 9.97 Å². The third-order valence-electron chi connectivity index (χ3n) is 2.21. The van der Waals surface area contributed by atoms with Gasteiger partial charge in [0.2, 0.25) is 0 Å². The Bertz CT molecular complexity index is 661. The molecule has 0 spiro atoms. The van der Waals surface area contributed by atoms with Gasteiger partial charge in [0.25, 0.3) is 10.9 Å². The average Bonchev–Trinajstić information content (AvgIpc) is 2.26. The van der Waals surface area contributed by atoms with Gasteiger partial charge in [-0.05, 0) is 12.1 Å². The molecule has 0 unspecified atom stereocenters. The van der Waals surface area contributed by atoms with Crippen LogP contribution in [0.3, 0.4) is 0 Å². The van der Waals surface area contributed by atoms with Crippen LogP contribution < -0.4 is 10.9 Å². The minimum absolute atomic E-state index is 0.203. The average molecular weight is 184 g/mol. The number of nitrogens with zero attached hydrogens (tertiary/aromatic N) is 2. The topological polar surface area (TPSA) is 59.9 Å². The van der Waals surface area contributed by atoms with E-state index in [2.05, 4.69) is 9.97 Å². The maximum atomic E-state index is 11.0. The highest BCUT2D eigenvalue weighted by Gasteiger charge is 2.15. The van der Waals surface area contributed by atoms with Crippen LogP contribution in [-0.2, 0) is 0 Å². The Morgan fingerprint density at radius 3 is 1.64 bits per heavy atom. The molecule has 3 aromatic rings. The smallest absolute Gasteiger partial charge is 0.255 e. The number of benzene rings is 1. The first kappa shape index (κ1) is 7.32. The molecule has 1 heterocycles. The van der Waals surface area contributed by atoms with Crippen molar-refractivity contribution in [3.05, 3.63) is 44.7 Å². The second-order valence-corrected chi connectivity index (χ2v) is 3.07. The lowest BCUT2D eigenvalue weighted by Crippen LogP contribution is -2.32. The van der Waals surface area contributed by atoms with Crippen molar-refractivity contribution in [3.63, 3.8) is 0 Å². The Hall–Kier alpha value is -2.10. The van der Waals surface area contributed by atoms with Crippen LogP contribution in [0.1, 0.15) is 0 Å². The molecule has 0 bridgehead atoms. The van der Waals surface area contributed by atoms with Crippen LogP contribution in [0.4, 0.5) is 0 Å². The number of hydrogen-bond donors (Lipinski definition) is 0. The third kappa shape index (κ3) is 0.724. The molecule has 0 radical (unpaired) electrons. The Morgan fingerprint density at radius 1 is 0.786 bits per heavy atom. The lowest BCUT2D eigenvalue weighted by atomic mass is 10.2. The van der Waals surface area contributed by atoms with Crippen molar-refractivity contribution in [1.82, 2.24) is 9.97 Å². The van der Waals surface area contributed by atoms with Crippen molar-refractivity contribution in [2.45, 2.75) is 0 Å². The van der Waals surface area contributed by atoms with Gasteiger partial charge < -0.3 is 0 Å². The fourth-order valence-electron chi connectivity index (χ4n) is 1.47. The van der Waals surface area contributed by atoms with Gasteiger partial charge in [-0.15, -0.1) is 0 Å². The van der Waals surface area contributed by atoms with E-state index in [1.807, 2.05) is 12.1 Å². The molecule has 0 amide bonds. The molecule has 0 aliphatic heterocycles. The second kappa shape index (κ2) is 2.23. The molecule has 1 aromatic heterocycles. The lowest BCUT2D eigenvalue weighted by Gasteiger charge is -1.99. The van der Waals surface area contributed by atoms with Gasteiger partial charge in [0, 0.05) is 0 Å². The van der Waals surface area contributed by atoms with Gasteiger partial charge in [-0.2, -0.15) is 0 Å². The summed E-state index contributed by atoms with van der Waals surface area (Å²) in [7, 11) is 0. The Morgan fingerprint density at radius 2 is 1.21 bits per heavy atom. The summed E-state index contributed by atoms with van der Waals surface area (Å²) in [5.74, 6) is 0. The molecule has 2 aromatic carbocycles. The molecule has 4 heteroatoms. The second-order valence-electron chi connectivity index (χ2n) is 3.07. The van der Waals surface area contributed by atoms with E-state index < -0.39 is 10.9 Å². The van der Waals surface area contributed by atoms with Crippen molar-refractivity contribution < 1.29 is 0 Å². The molecule has 3 rings (SSSR count). The van der Waals surface area contributed by atoms with E-state index in [9.17, 15) is 9.59 Å². The van der Waals surface area contributed by atoms with E-state index in [1.54, 1.807) is 12.1 Å². The number of rotatable bonds is 0. The molecule has 0 N–H and O–H groups in total. The zero-order chi connectivity index (χ0) is 9.71. The SMILES string of the molecule is O=c1c(=O)c2nc3ccccc3nc12. The van der Waals surface area contributed by atoms with Crippen molar-refractivity contribution in [3.8, 4) is 0 Å². The summed E-state index contributed by atoms with van der Waals surface area (Å²) >= 11 is 0. The number of hydrogen-bond acceptors (Lipinski definition) is 4. The van der Waals surface area contributed by atoms with E-state index >= 15 is 0 Å². The minimum atomic E-state index is -0.529. The van der Waals surface area contributed by atoms with Gasteiger partial charge in [-0.25, -0.2) is 9.97 Å². The van der Waals surface area contributed by atoms with Crippen LogP contribution in [0.15, 0.2) is 33.9 Å². The molecule has 0 atom stereocenters. The molecule has 0 aliphatic carbocycles. The van der Waals surface area contributed by atoms with E-state index in [1.165, 1.54) is 0 Å². The van der Waals surface area contributed by atoms with Crippen molar-refractivity contribution in [1.29, 1.82) is 0 Å². The molecular weight excluding hydrogens is 180 g/mol. The highest BCUT2D eigenvalue weighted by molar-refractivity contribution is 5.88. The first-order valence-corrected chi connectivity index (χ1v) is 4.13. The van der Waals surface area contributed by atoms with Crippen LogP contribution >= 0.6 is 0 Å². The molecule has 0 aliphatic rings. The van der Waals surface area contributed by atoms with Gasteiger partial charge in [-0.3, -0.25) is 9.59 Å². The maximum absolute atomic E-state index is 11.0. The quantitative estimate of drug-likeness (QED) is 0.474. The molecule has 4 nitrogen and oxygen atoms in total. The normalized spacial score (nSPS) is 11.4. The molecule has 0 saturated carbocycles. The third-order valence-corrected chi connectivity index (χ3v) is 2.21. The number of aromatic nitrogens is 2. The standard InChI is InChI=1S/C10H4N2O2/c13-9-7-8(10(9)14)12-6-4-2-1-3-5(6)11-7/h1-4H. The summed E-state index contributed by atoms with van der Waals surface area (Å²) in [6, 6.07) is 7.15. The summed E-state index contributed by atoms with van der Waals surface area (Å²) in [5.41, 5.74) is 0.637. The Kier molecular flexibility index (Phi) is 1.16. The van der Waals surface area contributed by atoms with E-state index in [0.29, 0.717) is 11.0 Å². The largest absolute Gasteiger partial charge is 0.283 e. The fraction of sp³-hybridized carbons (Fsp3) is 0.